The van der Waals surface area contributed by atoms with Crippen molar-refractivity contribution in [3.63, 3.8) is 0 Å². The molecule has 9 heteroatoms. The molecule has 178 valence electrons. The molecule has 0 aliphatic carbocycles. The molecule has 1 aliphatic heterocycles. The van der Waals surface area contributed by atoms with Crippen LogP contribution in [0, 0.1) is 0 Å². The average molecular weight is 573 g/mol. The number of benzene rings is 1. The number of methoxy groups -OCH3 is 1. The third kappa shape index (κ3) is 7.29. The van der Waals surface area contributed by atoms with E-state index in [9.17, 15) is 0 Å². The molecule has 1 aromatic carbocycles. The Morgan fingerprint density at radius 3 is 2.53 bits per heavy atom. The van der Waals surface area contributed by atoms with Crippen LogP contribution in [0.5, 0.6) is 0 Å². The van der Waals surface area contributed by atoms with Crippen LogP contribution in [-0.4, -0.2) is 80.7 Å². The number of nitrogens with one attached hydrogen (secondary N) is 1. The van der Waals surface area contributed by atoms with Gasteiger partial charge in [-0.15, -0.1) is 35.3 Å². The Hall–Kier alpha value is -1.43. The van der Waals surface area contributed by atoms with E-state index in [2.05, 4.69) is 74.7 Å². The molecule has 7 nitrogen and oxygen atoms in total. The SMILES string of the molecule is CN=C(NCC(C)N1CCN(c2ccccc2)CC1)N(C)Cc1csc(C(C)OC)n1.I. The molecule has 0 bridgehead atoms. The lowest BCUT2D eigenvalue weighted by molar-refractivity contribution is 0.119. The molecule has 32 heavy (non-hydrogen) atoms. The zero-order valence-corrected chi connectivity index (χ0v) is 23.0. The van der Waals surface area contributed by atoms with Crippen molar-refractivity contribution in [3.05, 3.63) is 46.4 Å². The maximum atomic E-state index is 5.37. The van der Waals surface area contributed by atoms with Crippen LogP contribution in [0.25, 0.3) is 0 Å². The number of para-hydroxylation sites is 1. The minimum atomic E-state index is 0. The van der Waals surface area contributed by atoms with Gasteiger partial charge in [0, 0.05) is 71.0 Å². The lowest BCUT2D eigenvalue weighted by atomic mass is 10.2. The van der Waals surface area contributed by atoms with Gasteiger partial charge in [0.05, 0.1) is 12.2 Å². The molecule has 2 heterocycles. The maximum absolute atomic E-state index is 5.37. The lowest BCUT2D eigenvalue weighted by Gasteiger charge is -2.39. The first kappa shape index (κ1) is 26.8. The number of rotatable bonds is 8. The second kappa shape index (κ2) is 13.3. The van der Waals surface area contributed by atoms with Crippen molar-refractivity contribution in [2.75, 3.05) is 58.8 Å². The molecular formula is C23H37IN6OS. The third-order valence-corrected chi connectivity index (χ3v) is 6.91. The molecule has 2 atom stereocenters. The van der Waals surface area contributed by atoms with Crippen LogP contribution in [0.1, 0.15) is 30.7 Å². The summed E-state index contributed by atoms with van der Waals surface area (Å²) in [7, 11) is 5.60. The van der Waals surface area contributed by atoms with E-state index in [0.29, 0.717) is 6.04 Å². The molecule has 0 spiro atoms. The van der Waals surface area contributed by atoms with Gasteiger partial charge in [-0.1, -0.05) is 18.2 Å². The van der Waals surface area contributed by atoms with Crippen LogP contribution in [0.15, 0.2) is 40.7 Å². The number of piperazine rings is 1. The van der Waals surface area contributed by atoms with Crippen LogP contribution in [0.2, 0.25) is 0 Å². The van der Waals surface area contributed by atoms with Crippen molar-refractivity contribution in [1.29, 1.82) is 0 Å². The minimum Gasteiger partial charge on any atom is -0.375 e. The van der Waals surface area contributed by atoms with Crippen LogP contribution in [0.3, 0.4) is 0 Å². The number of aromatic nitrogens is 1. The molecule has 1 saturated heterocycles. The number of thiazole rings is 1. The van der Waals surface area contributed by atoms with Gasteiger partial charge in [0.25, 0.3) is 0 Å². The summed E-state index contributed by atoms with van der Waals surface area (Å²) in [6.45, 7) is 10.2. The maximum Gasteiger partial charge on any atom is 0.193 e. The Bertz CT molecular complexity index is 825. The summed E-state index contributed by atoms with van der Waals surface area (Å²) in [5.41, 5.74) is 2.36. The zero-order chi connectivity index (χ0) is 22.2. The van der Waals surface area contributed by atoms with Gasteiger partial charge in [0.15, 0.2) is 5.96 Å². The van der Waals surface area contributed by atoms with E-state index in [-0.39, 0.29) is 30.1 Å². The number of halogens is 1. The Kier molecular flexibility index (Phi) is 11.2. The molecule has 1 aromatic heterocycles. The Morgan fingerprint density at radius 2 is 1.91 bits per heavy atom. The summed E-state index contributed by atoms with van der Waals surface area (Å²) < 4.78 is 5.37. The van der Waals surface area contributed by atoms with E-state index < -0.39 is 0 Å². The van der Waals surface area contributed by atoms with Crippen LogP contribution in [0.4, 0.5) is 5.69 Å². The second-order valence-corrected chi connectivity index (χ2v) is 8.94. The van der Waals surface area contributed by atoms with Gasteiger partial charge < -0.3 is 19.9 Å². The summed E-state index contributed by atoms with van der Waals surface area (Å²) in [4.78, 5) is 16.3. The van der Waals surface area contributed by atoms with Gasteiger partial charge in [-0.3, -0.25) is 9.89 Å². The van der Waals surface area contributed by atoms with Crippen molar-refractivity contribution < 1.29 is 4.74 Å². The normalized spacial score (nSPS) is 16.9. The molecular weight excluding hydrogens is 535 g/mol. The van der Waals surface area contributed by atoms with Crippen LogP contribution in [-0.2, 0) is 11.3 Å². The van der Waals surface area contributed by atoms with E-state index in [1.54, 1.807) is 18.4 Å². The quantitative estimate of drug-likeness (QED) is 0.296. The fourth-order valence-electron chi connectivity index (χ4n) is 3.81. The summed E-state index contributed by atoms with van der Waals surface area (Å²) in [6, 6.07) is 11.1. The topological polar surface area (TPSA) is 56.2 Å². The largest absolute Gasteiger partial charge is 0.375 e. The first-order valence-electron chi connectivity index (χ1n) is 10.9. The van der Waals surface area contributed by atoms with Gasteiger partial charge in [-0.25, -0.2) is 4.98 Å². The predicted octanol–water partition coefficient (Wildman–Crippen LogP) is 3.69. The highest BCUT2D eigenvalue weighted by atomic mass is 127. The Labute approximate surface area is 213 Å². The van der Waals surface area contributed by atoms with Crippen molar-refractivity contribution in [3.8, 4) is 0 Å². The first-order valence-corrected chi connectivity index (χ1v) is 11.8. The molecule has 0 saturated carbocycles. The van der Waals surface area contributed by atoms with Gasteiger partial charge in [-0.2, -0.15) is 0 Å². The monoisotopic (exact) mass is 572 g/mol. The van der Waals surface area contributed by atoms with E-state index in [1.807, 2.05) is 14.0 Å². The highest BCUT2D eigenvalue weighted by Gasteiger charge is 2.22. The highest BCUT2D eigenvalue weighted by Crippen LogP contribution is 2.21. The molecule has 0 radical (unpaired) electrons. The fraction of sp³-hybridized carbons (Fsp3) is 0.565. The summed E-state index contributed by atoms with van der Waals surface area (Å²) >= 11 is 1.65. The predicted molar refractivity (Wildman–Crippen MR) is 145 cm³/mol. The number of anilines is 1. The summed E-state index contributed by atoms with van der Waals surface area (Å²) in [6.07, 6.45) is 0.0321. The number of nitrogens with zero attached hydrogens (tertiary/aromatic N) is 5. The lowest BCUT2D eigenvalue weighted by Crippen LogP contribution is -2.53. The standard InChI is InChI=1S/C23H36N6OS.HI/c1-18(28-11-13-29(14-12-28)21-9-7-6-8-10-21)15-25-23(24-3)27(4)16-20-17-31-22(26-20)19(2)30-5;/h6-10,17-19H,11-16H2,1-5H3,(H,24,25);1H. The molecule has 2 aromatic rings. The van der Waals surface area contributed by atoms with E-state index >= 15 is 0 Å². The average Bonchev–Trinajstić information content (AvgIpc) is 3.28. The van der Waals surface area contributed by atoms with Gasteiger partial charge in [-0.05, 0) is 26.0 Å². The molecule has 2 unspecified atom stereocenters. The number of aliphatic imine (C=N–C) groups is 1. The van der Waals surface area contributed by atoms with Crippen LogP contribution < -0.4 is 10.2 Å². The molecule has 3 rings (SSSR count). The molecule has 1 aliphatic rings. The number of hydrogen-bond donors (Lipinski definition) is 1. The molecule has 0 amide bonds. The smallest absolute Gasteiger partial charge is 0.193 e. The minimum absolute atomic E-state index is 0. The first-order chi connectivity index (χ1) is 15.0. The zero-order valence-electron chi connectivity index (χ0n) is 19.8. The van der Waals surface area contributed by atoms with Crippen molar-refractivity contribution >= 4 is 47.0 Å². The highest BCUT2D eigenvalue weighted by molar-refractivity contribution is 14.0. The summed E-state index contributed by atoms with van der Waals surface area (Å²) in [5, 5.41) is 6.65. The van der Waals surface area contributed by atoms with Crippen molar-refractivity contribution in [2.45, 2.75) is 32.5 Å². The molecule has 1 N–H and O–H groups in total. The third-order valence-electron chi connectivity index (χ3n) is 5.86. The second-order valence-electron chi connectivity index (χ2n) is 8.05. The number of guanidine groups is 1. The Morgan fingerprint density at radius 1 is 1.22 bits per heavy atom. The van der Waals surface area contributed by atoms with Gasteiger partial charge in [0.1, 0.15) is 11.1 Å². The van der Waals surface area contributed by atoms with E-state index in [1.165, 1.54) is 5.69 Å². The van der Waals surface area contributed by atoms with Crippen molar-refractivity contribution in [1.82, 2.24) is 20.1 Å². The fourth-order valence-corrected chi connectivity index (χ4v) is 4.66. The van der Waals surface area contributed by atoms with Crippen molar-refractivity contribution in [2.24, 2.45) is 4.99 Å². The van der Waals surface area contributed by atoms with Gasteiger partial charge in [0.2, 0.25) is 0 Å². The Balaban J connectivity index is 0.00000363. The van der Waals surface area contributed by atoms with Gasteiger partial charge >= 0.3 is 0 Å². The molecule has 1 fully saturated rings. The van der Waals surface area contributed by atoms with Crippen LogP contribution >= 0.6 is 35.3 Å². The van der Waals surface area contributed by atoms with E-state index in [0.717, 1.165) is 55.9 Å². The summed E-state index contributed by atoms with van der Waals surface area (Å²) in [5.74, 6) is 0.893. The number of ether oxygens (including phenoxy) is 1. The van der Waals surface area contributed by atoms with E-state index in [4.69, 9.17) is 9.72 Å². The number of hydrogen-bond acceptors (Lipinski definition) is 6.